The van der Waals surface area contributed by atoms with E-state index in [1.165, 1.54) is 19.3 Å². The molecule has 0 radical (unpaired) electrons. The van der Waals surface area contributed by atoms with Crippen molar-refractivity contribution in [3.8, 4) is 0 Å². The molecule has 0 spiro atoms. The molecule has 0 aliphatic heterocycles. The van der Waals surface area contributed by atoms with Crippen LogP contribution in [-0.4, -0.2) is 0 Å². The number of allylic oxidation sites excluding steroid dienone is 4. The van der Waals surface area contributed by atoms with Gasteiger partial charge < -0.3 is 14.1 Å². The quantitative estimate of drug-likeness (QED) is 0.283. The molecule has 72 valence electrons. The predicted octanol–water partition coefficient (Wildman–Crippen LogP) is -6.50. The van der Waals surface area contributed by atoms with Crippen molar-refractivity contribution in [1.82, 2.24) is 0 Å². The normalized spacial score (nSPS) is 21.5. The molecule has 1 unspecified atom stereocenters. The molecule has 0 heterocycles. The van der Waals surface area contributed by atoms with Crippen LogP contribution in [0.5, 0.6) is 0 Å². The van der Waals surface area contributed by atoms with E-state index in [1.54, 1.807) is 5.57 Å². The zero-order valence-corrected chi connectivity index (χ0v) is 8.70. The first-order valence-corrected chi connectivity index (χ1v) is 3.67. The van der Waals surface area contributed by atoms with Gasteiger partial charge in [-0.2, -0.15) is 0 Å². The van der Waals surface area contributed by atoms with Crippen molar-refractivity contribution in [1.29, 1.82) is 0 Å². The maximum atomic E-state index is 2.37. The van der Waals surface area contributed by atoms with Crippen LogP contribution in [0.4, 0.5) is 0 Å². The zero-order chi connectivity index (χ0) is 6.10. The monoisotopic (exact) mass is 224 g/mol. The minimum absolute atomic E-state index is 0. The maximum Gasteiger partial charge on any atom is 4.00 e. The van der Waals surface area contributed by atoms with Crippen LogP contribution >= 0.6 is 0 Å². The smallest absolute Gasteiger partial charge is 1.00 e. The molecule has 1 atom stereocenters. The third kappa shape index (κ3) is 4.05. The molecule has 2 aliphatic rings. The van der Waals surface area contributed by atoms with Crippen molar-refractivity contribution in [2.24, 2.45) is 5.92 Å². The van der Waals surface area contributed by atoms with E-state index < -0.39 is 0 Å². The summed E-state index contributed by atoms with van der Waals surface area (Å²) in [5.41, 5.74) is 1.58. The van der Waals surface area contributed by atoms with E-state index in [4.69, 9.17) is 0 Å². The maximum absolute atomic E-state index is 2.37. The summed E-state index contributed by atoms with van der Waals surface area (Å²) in [5, 5.41) is 0. The molecule has 1 fully saturated rings. The molecule has 1 saturated carbocycles. The Morgan fingerprint density at radius 3 is 2.54 bits per heavy atom. The summed E-state index contributed by atoms with van der Waals surface area (Å²) in [4.78, 5) is 0. The van der Waals surface area contributed by atoms with E-state index in [-0.39, 0.29) is 35.8 Å². The Kier molecular flexibility index (Phi) is 12.1. The third-order valence-corrected chi connectivity index (χ3v) is 2.21. The summed E-state index contributed by atoms with van der Waals surface area (Å²) < 4.78 is 0. The van der Waals surface area contributed by atoms with Gasteiger partial charge in [0, 0.05) is 0 Å². The van der Waals surface area contributed by atoms with Gasteiger partial charge in [0.1, 0.15) is 0 Å². The Hall–Kier alpha value is -0.146. The van der Waals surface area contributed by atoms with E-state index in [0.717, 1.165) is 5.92 Å². The molecule has 2 aliphatic carbocycles. The van der Waals surface area contributed by atoms with Crippen LogP contribution < -0.4 is 14.1 Å². The van der Waals surface area contributed by atoms with Crippen molar-refractivity contribution in [2.45, 2.75) is 19.3 Å². The molecule has 0 nitrogen and oxygen atoms in total. The molecule has 0 aromatic rings. The van der Waals surface area contributed by atoms with E-state index >= 15 is 0 Å². The summed E-state index contributed by atoms with van der Waals surface area (Å²) in [6.07, 6.45) is 13.0. The molecule has 0 N–H and O–H groups in total. The van der Waals surface area contributed by atoms with E-state index in [0.29, 0.717) is 0 Å². The van der Waals surface area contributed by atoms with Crippen LogP contribution in [0.1, 0.15) is 19.3 Å². The number of fused-ring (bicyclic) bond motifs is 1. The Bertz CT molecular complexity index is 178. The molecule has 0 bridgehead atoms. The van der Waals surface area contributed by atoms with Gasteiger partial charge >= 0.3 is 21.7 Å². The summed E-state index contributed by atoms with van der Waals surface area (Å²) in [6.45, 7) is 0. The van der Waals surface area contributed by atoms with Crippen LogP contribution in [0.25, 0.3) is 0 Å². The van der Waals surface area contributed by atoms with Gasteiger partial charge in [0.15, 0.2) is 0 Å². The van der Waals surface area contributed by atoms with E-state index in [2.05, 4.69) is 24.6 Å². The molecule has 4 heteroatoms. The number of rotatable bonds is 0. The van der Waals surface area contributed by atoms with Crippen molar-refractivity contribution >= 4 is 0 Å². The molecule has 0 aromatic carbocycles. The Labute approximate surface area is 91.5 Å². The second-order valence-corrected chi connectivity index (χ2v) is 2.81. The Balaban J connectivity index is -0.000000250. The van der Waals surface area contributed by atoms with Crippen LogP contribution in [0, 0.1) is 12.3 Å². The largest absolute Gasteiger partial charge is 4.00 e. The first kappa shape index (κ1) is 18.6. The predicted molar refractivity (Wildman–Crippen MR) is 38.9 cm³/mol. The minimum Gasteiger partial charge on any atom is -1.00 e. The topological polar surface area (TPSA) is 0 Å². The number of hydrogen-bond donors (Lipinski definition) is 0. The summed E-state index contributed by atoms with van der Waals surface area (Å²) in [7, 11) is 0. The van der Waals surface area contributed by atoms with Gasteiger partial charge in [-0.1, -0.05) is 6.42 Å². The van der Waals surface area contributed by atoms with E-state index in [9.17, 15) is 0 Å². The average molecular weight is 224 g/mol. The van der Waals surface area contributed by atoms with Gasteiger partial charge in [0.05, 0.1) is 0 Å². The standard InChI is InChI=1S/C9H11.3FH.Ti/c1-2-5-9-7-3-6-8(9)4-1;;;;/h1-2,4,6,9H,3,5,7H2;3*1H;/q-1;;;;+4/p-3. The van der Waals surface area contributed by atoms with Gasteiger partial charge in [-0.3, -0.25) is 0 Å². The molecule has 0 aromatic heterocycles. The van der Waals surface area contributed by atoms with Crippen molar-refractivity contribution in [2.75, 3.05) is 0 Å². The van der Waals surface area contributed by atoms with Crippen molar-refractivity contribution < 1.29 is 35.8 Å². The zero-order valence-electron chi connectivity index (χ0n) is 7.14. The van der Waals surface area contributed by atoms with Gasteiger partial charge in [-0.15, -0.1) is 18.6 Å². The first-order valence-electron chi connectivity index (χ1n) is 3.67. The summed E-state index contributed by atoms with van der Waals surface area (Å²) >= 11 is 0. The number of hydrogen-bond acceptors (Lipinski definition) is 0. The molecular weight excluding hydrogens is 213 g/mol. The second kappa shape index (κ2) is 8.45. The summed E-state index contributed by atoms with van der Waals surface area (Å²) in [6, 6.07) is 0. The SMILES string of the molecule is C1=CCC2CC[CH-]C2=C1.[F-].[F-].[F-].[Ti+4]. The minimum atomic E-state index is 0. The molecule has 0 saturated heterocycles. The average Bonchev–Trinajstić information content (AvgIpc) is 2.33. The van der Waals surface area contributed by atoms with Gasteiger partial charge in [0.25, 0.3) is 0 Å². The molecule has 13 heavy (non-hydrogen) atoms. The van der Waals surface area contributed by atoms with Gasteiger partial charge in [-0.05, 0) is 12.3 Å². The Morgan fingerprint density at radius 1 is 1.23 bits per heavy atom. The van der Waals surface area contributed by atoms with Crippen LogP contribution in [0.2, 0.25) is 0 Å². The molecule has 0 amide bonds. The van der Waals surface area contributed by atoms with Crippen LogP contribution in [-0.2, 0) is 21.7 Å². The number of halogens is 3. The van der Waals surface area contributed by atoms with Crippen molar-refractivity contribution in [3.63, 3.8) is 0 Å². The molecule has 2 rings (SSSR count). The fraction of sp³-hybridized carbons (Fsp3) is 0.444. The summed E-state index contributed by atoms with van der Waals surface area (Å²) in [5.74, 6) is 0.884. The fourth-order valence-corrected chi connectivity index (χ4v) is 1.66. The van der Waals surface area contributed by atoms with E-state index in [1.807, 2.05) is 0 Å². The third-order valence-electron chi connectivity index (χ3n) is 2.21. The fourth-order valence-electron chi connectivity index (χ4n) is 1.66. The molecular formula is C9H11F3Ti. The Morgan fingerprint density at radius 2 is 1.92 bits per heavy atom. The first-order chi connectivity index (χ1) is 4.47. The van der Waals surface area contributed by atoms with Crippen LogP contribution in [0.15, 0.2) is 23.8 Å². The van der Waals surface area contributed by atoms with Crippen molar-refractivity contribution in [3.05, 3.63) is 30.2 Å². The van der Waals surface area contributed by atoms with Gasteiger partial charge in [-0.25, -0.2) is 18.1 Å². The second-order valence-electron chi connectivity index (χ2n) is 2.81. The van der Waals surface area contributed by atoms with Gasteiger partial charge in [0.2, 0.25) is 0 Å². The van der Waals surface area contributed by atoms with Crippen LogP contribution in [0.3, 0.4) is 0 Å².